The molecule has 2 aliphatic heterocycles. The molecule has 3 heterocycles. The lowest BCUT2D eigenvalue weighted by molar-refractivity contribution is -0.385. The van der Waals surface area contributed by atoms with E-state index in [1.807, 2.05) is 9.80 Å². The van der Waals surface area contributed by atoms with Crippen LogP contribution in [0.5, 0.6) is 11.5 Å². The molecule has 0 bridgehead atoms. The number of nitrogens with one attached hydrogen (secondary N) is 1. The van der Waals surface area contributed by atoms with Gasteiger partial charge in [0.15, 0.2) is 0 Å². The van der Waals surface area contributed by atoms with Gasteiger partial charge in [-0.05, 0) is 42.0 Å². The Morgan fingerprint density at radius 1 is 0.927 bits per heavy atom. The van der Waals surface area contributed by atoms with E-state index < -0.39 is 22.4 Å². The van der Waals surface area contributed by atoms with Crippen molar-refractivity contribution in [3.8, 4) is 11.5 Å². The van der Waals surface area contributed by atoms with Crippen molar-refractivity contribution in [3.05, 3.63) is 63.7 Å². The average Bonchev–Trinajstić information content (AvgIpc) is 2.98. The molecule has 41 heavy (non-hydrogen) atoms. The molecule has 2 fully saturated rings. The highest BCUT2D eigenvalue weighted by atomic mass is 19.4. The Balaban J connectivity index is 1.28. The molecule has 1 N–H and O–H groups in total. The smallest absolute Gasteiger partial charge is 0.416 e. The predicted octanol–water partition coefficient (Wildman–Crippen LogP) is 3.71. The van der Waals surface area contributed by atoms with Crippen molar-refractivity contribution in [1.82, 2.24) is 15.0 Å². The number of anilines is 3. The number of hydrogen-bond donors (Lipinski definition) is 1. The third-order valence-electron chi connectivity index (χ3n) is 6.17. The van der Waals surface area contributed by atoms with Crippen molar-refractivity contribution >= 4 is 29.7 Å². The lowest BCUT2D eigenvalue weighted by Crippen LogP contribution is -2.40. The number of halogens is 3. The molecule has 16 heteroatoms. The number of hydrazone groups is 1. The van der Waals surface area contributed by atoms with Gasteiger partial charge in [-0.1, -0.05) is 0 Å². The molecule has 0 saturated carbocycles. The summed E-state index contributed by atoms with van der Waals surface area (Å²) < 4.78 is 55.2. The van der Waals surface area contributed by atoms with Crippen LogP contribution in [0, 0.1) is 10.1 Å². The van der Waals surface area contributed by atoms with Crippen molar-refractivity contribution < 1.29 is 32.3 Å². The molecule has 216 valence electrons. The largest absolute Gasteiger partial charge is 0.450 e. The normalized spacial score (nSPS) is 16.2. The van der Waals surface area contributed by atoms with E-state index in [4.69, 9.17) is 14.2 Å². The summed E-state index contributed by atoms with van der Waals surface area (Å²) in [7, 11) is 0. The molecule has 0 atom stereocenters. The van der Waals surface area contributed by atoms with E-state index in [1.54, 1.807) is 12.1 Å². The maximum atomic E-state index is 12.9. The van der Waals surface area contributed by atoms with Crippen LogP contribution in [-0.4, -0.2) is 78.7 Å². The van der Waals surface area contributed by atoms with Crippen LogP contribution in [-0.2, 0) is 15.7 Å². The van der Waals surface area contributed by atoms with Gasteiger partial charge < -0.3 is 24.0 Å². The van der Waals surface area contributed by atoms with Crippen LogP contribution < -0.4 is 20.0 Å². The highest BCUT2D eigenvalue weighted by molar-refractivity contribution is 5.80. The molecule has 0 radical (unpaired) electrons. The van der Waals surface area contributed by atoms with E-state index >= 15 is 0 Å². The first-order chi connectivity index (χ1) is 19.8. The number of hydrogen-bond acceptors (Lipinski definition) is 12. The van der Waals surface area contributed by atoms with Crippen LogP contribution in [0.1, 0.15) is 11.1 Å². The third kappa shape index (κ3) is 7.15. The van der Waals surface area contributed by atoms with Gasteiger partial charge in [-0.15, -0.1) is 0 Å². The Kier molecular flexibility index (Phi) is 8.39. The predicted molar refractivity (Wildman–Crippen MR) is 142 cm³/mol. The molecule has 2 aliphatic rings. The molecule has 5 rings (SSSR count). The van der Waals surface area contributed by atoms with Gasteiger partial charge in [-0.25, -0.2) is 5.43 Å². The Labute approximate surface area is 231 Å². The van der Waals surface area contributed by atoms with Gasteiger partial charge in [-0.2, -0.15) is 33.2 Å². The van der Waals surface area contributed by atoms with Crippen molar-refractivity contribution in [2.45, 2.75) is 6.18 Å². The molecular formula is C25H25F3N8O5. The Hall–Kier alpha value is -4.57. The van der Waals surface area contributed by atoms with Gasteiger partial charge >= 0.3 is 11.9 Å². The molecule has 0 spiro atoms. The minimum atomic E-state index is -4.71. The lowest BCUT2D eigenvalue weighted by Gasteiger charge is -2.30. The number of nitrogens with zero attached hydrogens (tertiary/aromatic N) is 7. The van der Waals surface area contributed by atoms with Gasteiger partial charge in [0.2, 0.25) is 23.6 Å². The zero-order valence-corrected chi connectivity index (χ0v) is 21.6. The fourth-order valence-corrected chi connectivity index (χ4v) is 4.05. The molecule has 13 nitrogen and oxygen atoms in total. The molecular weight excluding hydrogens is 549 g/mol. The molecule has 0 unspecified atom stereocenters. The number of rotatable bonds is 8. The highest BCUT2D eigenvalue weighted by Crippen LogP contribution is 2.37. The van der Waals surface area contributed by atoms with E-state index in [9.17, 15) is 23.3 Å². The van der Waals surface area contributed by atoms with E-state index in [-0.39, 0.29) is 17.4 Å². The molecule has 2 saturated heterocycles. The average molecular weight is 575 g/mol. The first-order valence-corrected chi connectivity index (χ1v) is 12.6. The Morgan fingerprint density at radius 2 is 1.51 bits per heavy atom. The van der Waals surface area contributed by atoms with Gasteiger partial charge in [0.1, 0.15) is 5.75 Å². The van der Waals surface area contributed by atoms with Crippen molar-refractivity contribution in [1.29, 1.82) is 0 Å². The minimum Gasteiger partial charge on any atom is -0.450 e. The first kappa shape index (κ1) is 28.0. The monoisotopic (exact) mass is 574 g/mol. The van der Waals surface area contributed by atoms with Crippen LogP contribution in [0.3, 0.4) is 0 Å². The lowest BCUT2D eigenvalue weighted by atomic mass is 10.2. The zero-order chi connectivity index (χ0) is 28.8. The molecule has 0 aliphatic carbocycles. The quantitative estimate of drug-likeness (QED) is 0.239. The van der Waals surface area contributed by atoms with Crippen molar-refractivity contribution in [3.63, 3.8) is 0 Å². The number of aromatic nitrogens is 3. The number of benzene rings is 2. The van der Waals surface area contributed by atoms with E-state index in [1.165, 1.54) is 18.3 Å². The second-order valence-electron chi connectivity index (χ2n) is 8.94. The number of nitro benzene ring substituents is 1. The Morgan fingerprint density at radius 3 is 2.05 bits per heavy atom. The van der Waals surface area contributed by atoms with Gasteiger partial charge in [0.05, 0.1) is 43.1 Å². The topological polar surface area (TPSA) is 140 Å². The minimum absolute atomic E-state index is 0.195. The second-order valence-corrected chi connectivity index (χ2v) is 8.94. The molecule has 1 aromatic heterocycles. The van der Waals surface area contributed by atoms with Crippen LogP contribution in [0.15, 0.2) is 47.6 Å². The van der Waals surface area contributed by atoms with E-state index in [0.717, 1.165) is 12.1 Å². The molecule has 0 amide bonds. The van der Waals surface area contributed by atoms with Gasteiger partial charge in [-0.3, -0.25) is 10.1 Å². The zero-order valence-electron chi connectivity index (χ0n) is 21.6. The number of morpholine rings is 2. The number of ether oxygens (including phenoxy) is 3. The van der Waals surface area contributed by atoms with Crippen LogP contribution in [0.4, 0.5) is 36.7 Å². The fraction of sp³-hybridized carbons (Fsp3) is 0.360. The summed E-state index contributed by atoms with van der Waals surface area (Å²) in [4.78, 5) is 28.1. The highest BCUT2D eigenvalue weighted by Gasteiger charge is 2.33. The summed E-state index contributed by atoms with van der Waals surface area (Å²) in [6, 6.07) is 8.37. The molecule has 3 aromatic rings. The first-order valence-electron chi connectivity index (χ1n) is 12.6. The summed E-state index contributed by atoms with van der Waals surface area (Å²) >= 11 is 0. The number of nitro groups is 1. The third-order valence-corrected chi connectivity index (χ3v) is 6.17. The van der Waals surface area contributed by atoms with Crippen LogP contribution >= 0.6 is 0 Å². The summed E-state index contributed by atoms with van der Waals surface area (Å²) in [6.45, 7) is 4.91. The Bertz CT molecular complexity index is 1360. The molecule has 2 aromatic carbocycles. The van der Waals surface area contributed by atoms with E-state index in [0.29, 0.717) is 76.1 Å². The van der Waals surface area contributed by atoms with Crippen LogP contribution in [0.25, 0.3) is 0 Å². The summed E-state index contributed by atoms with van der Waals surface area (Å²) in [5.41, 5.74) is 1.55. The number of alkyl halides is 3. The summed E-state index contributed by atoms with van der Waals surface area (Å²) in [5.74, 6) is 1.17. The standard InChI is InChI=1S/C25H25F3N8O5/c26-25(27,28)18-3-6-21(20(15-18)36(37)38)41-19-4-1-17(2-5-19)16-29-33-22-30-23(34-7-11-39-12-8-34)32-24(31-22)35-9-13-40-14-10-35/h1-6,15-16H,7-14H2,(H,30,31,32,33)/b29-16-. The van der Waals surface area contributed by atoms with Gasteiger partial charge in [0, 0.05) is 32.2 Å². The van der Waals surface area contributed by atoms with Crippen LogP contribution in [0.2, 0.25) is 0 Å². The maximum absolute atomic E-state index is 12.9. The SMILES string of the molecule is O=[N+]([O-])c1cc(C(F)(F)F)ccc1Oc1ccc(/C=N\Nc2nc(N3CCOCC3)nc(N3CCOCC3)n2)cc1. The van der Waals surface area contributed by atoms with E-state index in [2.05, 4.69) is 25.5 Å². The van der Waals surface area contributed by atoms with Gasteiger partial charge in [0.25, 0.3) is 0 Å². The second kappa shape index (κ2) is 12.3. The maximum Gasteiger partial charge on any atom is 0.416 e. The van der Waals surface area contributed by atoms with Crippen molar-refractivity contribution in [2.75, 3.05) is 67.8 Å². The summed E-state index contributed by atoms with van der Waals surface area (Å²) in [6.07, 6.45) is -3.20. The fourth-order valence-electron chi connectivity index (χ4n) is 4.05. The van der Waals surface area contributed by atoms with Crippen molar-refractivity contribution in [2.24, 2.45) is 5.10 Å². The summed E-state index contributed by atoms with van der Waals surface area (Å²) in [5, 5.41) is 15.5.